The highest BCUT2D eigenvalue weighted by Gasteiger charge is 2.26. The molecule has 1 aromatic heterocycles. The largest absolute Gasteiger partial charge is 0.334 e. The maximum Gasteiger partial charge on any atom is 0.127 e. The zero-order valence-corrected chi connectivity index (χ0v) is 14.8. The van der Waals surface area contributed by atoms with Crippen LogP contribution in [0.1, 0.15) is 43.9 Å². The first kappa shape index (κ1) is 16.9. The van der Waals surface area contributed by atoms with Crippen molar-refractivity contribution >= 4 is 11.0 Å². The van der Waals surface area contributed by atoms with E-state index in [1.165, 1.54) is 5.56 Å². The predicted molar refractivity (Wildman–Crippen MR) is 91.9 cm³/mol. The van der Waals surface area contributed by atoms with E-state index in [0.29, 0.717) is 0 Å². The lowest BCUT2D eigenvalue weighted by Crippen LogP contribution is -2.37. The second kappa shape index (κ2) is 6.75. The number of aromatic nitrogens is 2. The Morgan fingerprint density at radius 2 is 1.91 bits per heavy atom. The second-order valence-corrected chi connectivity index (χ2v) is 8.56. The zero-order chi connectivity index (χ0) is 16.3. The molecule has 4 nitrogen and oxygen atoms in total. The standard InChI is InChI=1S/C17H25N3OS/c1-13-12-18-16(20(13)5)15(19-22(21)17(2,3)4)11-14-9-7-6-8-10-14/h6-10,12,15,19H,11H2,1-5H3. The van der Waals surface area contributed by atoms with Crippen molar-refractivity contribution < 1.29 is 4.21 Å². The molecule has 0 aliphatic rings. The van der Waals surface area contributed by atoms with Gasteiger partial charge < -0.3 is 4.57 Å². The number of hydrogen-bond acceptors (Lipinski definition) is 2. The Morgan fingerprint density at radius 3 is 2.41 bits per heavy atom. The van der Waals surface area contributed by atoms with Gasteiger partial charge in [-0.25, -0.2) is 13.9 Å². The molecule has 0 aliphatic heterocycles. The summed E-state index contributed by atoms with van der Waals surface area (Å²) in [4.78, 5) is 4.51. The summed E-state index contributed by atoms with van der Waals surface area (Å²) < 4.78 is 17.5. The third-order valence-corrected chi connectivity index (χ3v) is 5.27. The van der Waals surface area contributed by atoms with Crippen molar-refractivity contribution in [3.05, 3.63) is 53.6 Å². The zero-order valence-electron chi connectivity index (χ0n) is 14.0. The average Bonchev–Trinajstić information content (AvgIpc) is 2.78. The molecule has 1 heterocycles. The van der Waals surface area contributed by atoms with Gasteiger partial charge in [-0.2, -0.15) is 0 Å². The van der Waals surface area contributed by atoms with E-state index in [2.05, 4.69) is 26.4 Å². The molecule has 120 valence electrons. The Balaban J connectivity index is 2.28. The van der Waals surface area contributed by atoms with Crippen LogP contribution in [0.2, 0.25) is 0 Å². The topological polar surface area (TPSA) is 46.9 Å². The minimum atomic E-state index is -1.14. The fourth-order valence-electron chi connectivity index (χ4n) is 2.18. The predicted octanol–water partition coefficient (Wildman–Crippen LogP) is 3.06. The third kappa shape index (κ3) is 4.05. The molecule has 2 rings (SSSR count). The molecular weight excluding hydrogens is 294 g/mol. The molecule has 0 amide bonds. The van der Waals surface area contributed by atoms with Gasteiger partial charge in [0.05, 0.1) is 21.8 Å². The van der Waals surface area contributed by atoms with E-state index >= 15 is 0 Å². The normalized spacial score (nSPS) is 14.8. The van der Waals surface area contributed by atoms with Gasteiger partial charge in [-0.3, -0.25) is 0 Å². The smallest absolute Gasteiger partial charge is 0.127 e. The van der Waals surface area contributed by atoms with E-state index in [9.17, 15) is 4.21 Å². The minimum absolute atomic E-state index is 0.0823. The van der Waals surface area contributed by atoms with E-state index in [4.69, 9.17) is 0 Å². The molecule has 0 radical (unpaired) electrons. The highest BCUT2D eigenvalue weighted by atomic mass is 32.2. The highest BCUT2D eigenvalue weighted by Crippen LogP contribution is 2.21. The molecule has 0 saturated heterocycles. The Hall–Kier alpha value is -1.46. The van der Waals surface area contributed by atoms with Gasteiger partial charge in [0.15, 0.2) is 0 Å². The summed E-state index contributed by atoms with van der Waals surface area (Å²) in [6.07, 6.45) is 2.61. The number of rotatable bonds is 5. The summed E-state index contributed by atoms with van der Waals surface area (Å²) >= 11 is 0. The number of aryl methyl sites for hydroxylation is 1. The van der Waals surface area contributed by atoms with E-state index in [1.807, 2.05) is 59.1 Å². The Kier molecular flexibility index (Phi) is 5.19. The van der Waals surface area contributed by atoms with Gasteiger partial charge in [0, 0.05) is 18.9 Å². The number of benzene rings is 1. The first-order valence-electron chi connectivity index (χ1n) is 7.49. The van der Waals surface area contributed by atoms with Gasteiger partial charge in [-0.05, 0) is 39.7 Å². The van der Waals surface area contributed by atoms with Crippen molar-refractivity contribution in [1.82, 2.24) is 14.3 Å². The summed E-state index contributed by atoms with van der Waals surface area (Å²) in [7, 11) is 0.853. The summed E-state index contributed by atoms with van der Waals surface area (Å²) in [5.41, 5.74) is 2.29. The molecule has 0 bridgehead atoms. The number of nitrogens with zero attached hydrogens (tertiary/aromatic N) is 2. The SMILES string of the molecule is Cc1cnc(C(Cc2ccccc2)NS(=O)C(C)(C)C)n1C. The fourth-order valence-corrected chi connectivity index (χ4v) is 2.98. The van der Waals surface area contributed by atoms with E-state index in [1.54, 1.807) is 0 Å². The molecule has 2 aromatic rings. The highest BCUT2D eigenvalue weighted by molar-refractivity contribution is 7.84. The summed E-state index contributed by atoms with van der Waals surface area (Å²) in [6.45, 7) is 7.94. The first-order chi connectivity index (χ1) is 10.3. The van der Waals surface area contributed by atoms with Gasteiger partial charge in [-0.1, -0.05) is 30.3 Å². The molecule has 1 N–H and O–H groups in total. The molecule has 0 saturated carbocycles. The maximum absolute atomic E-state index is 12.5. The Bertz CT molecular complexity index is 644. The Labute approximate surface area is 135 Å². The minimum Gasteiger partial charge on any atom is -0.334 e. The first-order valence-corrected chi connectivity index (χ1v) is 8.64. The molecule has 0 spiro atoms. The molecule has 2 atom stereocenters. The van der Waals surface area contributed by atoms with Crippen LogP contribution in [-0.4, -0.2) is 18.5 Å². The van der Waals surface area contributed by atoms with E-state index in [0.717, 1.165) is 17.9 Å². The van der Waals surface area contributed by atoms with Gasteiger partial charge in [0.2, 0.25) is 0 Å². The number of imidazole rings is 1. The Morgan fingerprint density at radius 1 is 1.27 bits per heavy atom. The molecule has 5 heteroatoms. The fraction of sp³-hybridized carbons (Fsp3) is 0.471. The van der Waals surface area contributed by atoms with Crippen LogP contribution in [0.15, 0.2) is 36.5 Å². The summed E-state index contributed by atoms with van der Waals surface area (Å²) in [5, 5.41) is 0. The molecular formula is C17H25N3OS. The second-order valence-electron chi connectivity index (χ2n) is 6.56. The lowest BCUT2D eigenvalue weighted by Gasteiger charge is -2.24. The molecule has 2 unspecified atom stereocenters. The molecule has 22 heavy (non-hydrogen) atoms. The van der Waals surface area contributed by atoms with Crippen LogP contribution >= 0.6 is 0 Å². The quantitative estimate of drug-likeness (QED) is 0.920. The van der Waals surface area contributed by atoms with Crippen LogP contribution in [0, 0.1) is 6.92 Å². The molecule has 1 aromatic carbocycles. The monoisotopic (exact) mass is 319 g/mol. The van der Waals surface area contributed by atoms with Crippen molar-refractivity contribution in [3.63, 3.8) is 0 Å². The molecule has 0 aliphatic carbocycles. The van der Waals surface area contributed by atoms with Crippen molar-refractivity contribution in [1.29, 1.82) is 0 Å². The van der Waals surface area contributed by atoms with Gasteiger partial charge in [-0.15, -0.1) is 0 Å². The van der Waals surface area contributed by atoms with Crippen LogP contribution in [0.25, 0.3) is 0 Å². The van der Waals surface area contributed by atoms with Crippen molar-refractivity contribution in [2.45, 2.75) is 44.9 Å². The van der Waals surface area contributed by atoms with E-state index in [-0.39, 0.29) is 10.8 Å². The van der Waals surface area contributed by atoms with Crippen LogP contribution in [0.4, 0.5) is 0 Å². The third-order valence-electron chi connectivity index (χ3n) is 3.66. The lowest BCUT2D eigenvalue weighted by molar-refractivity contribution is 0.560. The van der Waals surface area contributed by atoms with Crippen LogP contribution in [0.3, 0.4) is 0 Å². The van der Waals surface area contributed by atoms with Gasteiger partial charge in [0.1, 0.15) is 5.82 Å². The van der Waals surface area contributed by atoms with Crippen molar-refractivity contribution in [2.24, 2.45) is 7.05 Å². The van der Waals surface area contributed by atoms with Gasteiger partial charge >= 0.3 is 0 Å². The molecule has 0 fully saturated rings. The van der Waals surface area contributed by atoms with Crippen molar-refractivity contribution in [3.8, 4) is 0 Å². The summed E-state index contributed by atoms with van der Waals surface area (Å²) in [5.74, 6) is 0.916. The van der Waals surface area contributed by atoms with E-state index < -0.39 is 11.0 Å². The lowest BCUT2D eigenvalue weighted by atomic mass is 10.1. The number of nitrogens with one attached hydrogen (secondary N) is 1. The van der Waals surface area contributed by atoms with Crippen molar-refractivity contribution in [2.75, 3.05) is 0 Å². The number of hydrogen-bond donors (Lipinski definition) is 1. The van der Waals surface area contributed by atoms with Crippen LogP contribution < -0.4 is 4.72 Å². The van der Waals surface area contributed by atoms with Crippen LogP contribution in [-0.2, 0) is 24.5 Å². The van der Waals surface area contributed by atoms with Crippen LogP contribution in [0.5, 0.6) is 0 Å². The summed E-state index contributed by atoms with van der Waals surface area (Å²) in [6, 6.07) is 10.1. The van der Waals surface area contributed by atoms with Gasteiger partial charge in [0.25, 0.3) is 0 Å². The average molecular weight is 319 g/mol. The maximum atomic E-state index is 12.5.